The molecule has 2 aromatic rings. The highest BCUT2D eigenvalue weighted by Crippen LogP contribution is 2.21. The van der Waals surface area contributed by atoms with Crippen LogP contribution in [0, 0.1) is 0 Å². The number of nitrogens with one attached hydrogen (secondary N) is 1. The van der Waals surface area contributed by atoms with Crippen molar-refractivity contribution in [1.29, 1.82) is 0 Å². The number of rotatable bonds is 4. The average Bonchev–Trinajstić information content (AvgIpc) is 2.73. The van der Waals surface area contributed by atoms with Crippen LogP contribution >= 0.6 is 27.3 Å². The Labute approximate surface area is 106 Å². The van der Waals surface area contributed by atoms with E-state index in [4.69, 9.17) is 4.74 Å². The van der Waals surface area contributed by atoms with Crippen molar-refractivity contribution in [2.75, 3.05) is 12.4 Å². The molecule has 1 heterocycles. The van der Waals surface area contributed by atoms with Crippen molar-refractivity contribution in [3.63, 3.8) is 0 Å². The van der Waals surface area contributed by atoms with Crippen LogP contribution in [0.2, 0.25) is 0 Å². The van der Waals surface area contributed by atoms with Gasteiger partial charge in [-0.15, -0.1) is 10.2 Å². The highest BCUT2D eigenvalue weighted by atomic mass is 79.9. The number of halogens is 1. The number of aromatic nitrogens is 2. The molecule has 6 heteroatoms. The van der Waals surface area contributed by atoms with E-state index in [2.05, 4.69) is 31.4 Å². The third-order valence-corrected chi connectivity index (χ3v) is 3.29. The number of benzene rings is 1. The van der Waals surface area contributed by atoms with Crippen LogP contribution in [0.3, 0.4) is 0 Å². The normalized spacial score (nSPS) is 10.1. The molecule has 1 aromatic carbocycles. The van der Waals surface area contributed by atoms with Gasteiger partial charge in [-0.3, -0.25) is 0 Å². The Hall–Kier alpha value is -1.14. The van der Waals surface area contributed by atoms with Gasteiger partial charge in [0.15, 0.2) is 3.92 Å². The van der Waals surface area contributed by atoms with Crippen LogP contribution < -0.4 is 10.1 Å². The monoisotopic (exact) mass is 299 g/mol. The van der Waals surface area contributed by atoms with Gasteiger partial charge in [-0.25, -0.2) is 0 Å². The third-order valence-electron chi connectivity index (χ3n) is 1.98. The summed E-state index contributed by atoms with van der Waals surface area (Å²) in [6, 6.07) is 7.91. The zero-order chi connectivity index (χ0) is 11.4. The van der Waals surface area contributed by atoms with Gasteiger partial charge in [0.25, 0.3) is 0 Å². The minimum atomic E-state index is 0.707. The van der Waals surface area contributed by atoms with Crippen molar-refractivity contribution in [2.24, 2.45) is 0 Å². The fourth-order valence-electron chi connectivity index (χ4n) is 1.24. The number of anilines is 1. The molecule has 0 fully saturated rings. The van der Waals surface area contributed by atoms with Crippen LogP contribution in [-0.4, -0.2) is 17.3 Å². The lowest BCUT2D eigenvalue weighted by Gasteiger charge is -2.04. The number of hydrogen-bond donors (Lipinski definition) is 1. The molecular weight excluding hydrogens is 290 g/mol. The van der Waals surface area contributed by atoms with E-state index in [0.29, 0.717) is 6.54 Å². The maximum Gasteiger partial charge on any atom is 0.206 e. The number of hydrogen-bond acceptors (Lipinski definition) is 5. The lowest BCUT2D eigenvalue weighted by atomic mass is 10.2. The molecule has 0 bridgehead atoms. The molecule has 1 N–H and O–H groups in total. The molecule has 84 valence electrons. The highest BCUT2D eigenvalue weighted by Gasteiger charge is 2.01. The molecule has 16 heavy (non-hydrogen) atoms. The maximum atomic E-state index is 5.15. The van der Waals surface area contributed by atoms with Crippen LogP contribution in [-0.2, 0) is 6.54 Å². The lowest BCUT2D eigenvalue weighted by Crippen LogP contribution is -1.99. The van der Waals surface area contributed by atoms with Crippen molar-refractivity contribution >= 4 is 32.4 Å². The summed E-state index contributed by atoms with van der Waals surface area (Å²) >= 11 is 4.74. The summed E-state index contributed by atoms with van der Waals surface area (Å²) in [5, 5.41) is 11.8. The first-order chi connectivity index (χ1) is 7.78. The fourth-order valence-corrected chi connectivity index (χ4v) is 2.24. The first-order valence-corrected chi connectivity index (χ1v) is 6.24. The van der Waals surface area contributed by atoms with Gasteiger partial charge in [0.2, 0.25) is 5.13 Å². The molecule has 0 aliphatic rings. The molecule has 0 saturated heterocycles. The fraction of sp³-hybridized carbons (Fsp3) is 0.200. The van der Waals surface area contributed by atoms with Crippen molar-refractivity contribution in [3.05, 3.63) is 33.7 Å². The standard InChI is InChI=1S/C10H10BrN3OS/c1-15-8-4-2-3-7(5-8)6-12-10-14-13-9(11)16-10/h2-5H,6H2,1H3,(H,12,14). The predicted molar refractivity (Wildman–Crippen MR) is 67.9 cm³/mol. The van der Waals surface area contributed by atoms with Gasteiger partial charge in [0.1, 0.15) is 5.75 Å². The summed E-state index contributed by atoms with van der Waals surface area (Å²) < 4.78 is 5.93. The summed E-state index contributed by atoms with van der Waals surface area (Å²) in [5.41, 5.74) is 1.14. The molecule has 1 aromatic heterocycles. The van der Waals surface area contributed by atoms with E-state index in [1.165, 1.54) is 11.3 Å². The minimum Gasteiger partial charge on any atom is -0.497 e. The smallest absolute Gasteiger partial charge is 0.206 e. The van der Waals surface area contributed by atoms with E-state index >= 15 is 0 Å². The zero-order valence-electron chi connectivity index (χ0n) is 8.61. The van der Waals surface area contributed by atoms with Gasteiger partial charge >= 0.3 is 0 Å². The largest absolute Gasteiger partial charge is 0.497 e. The van der Waals surface area contributed by atoms with Crippen LogP contribution in [0.25, 0.3) is 0 Å². The second-order valence-corrected chi connectivity index (χ2v) is 5.32. The molecule has 0 aliphatic heterocycles. The van der Waals surface area contributed by atoms with Gasteiger partial charge < -0.3 is 10.1 Å². The summed E-state index contributed by atoms with van der Waals surface area (Å²) in [6.07, 6.45) is 0. The van der Waals surface area contributed by atoms with Gasteiger partial charge in [0.05, 0.1) is 7.11 Å². The Bertz CT molecular complexity index is 475. The summed E-state index contributed by atoms with van der Waals surface area (Å²) in [7, 11) is 1.66. The Kier molecular flexibility index (Phi) is 3.74. The first-order valence-electron chi connectivity index (χ1n) is 4.64. The van der Waals surface area contributed by atoms with Crippen molar-refractivity contribution in [2.45, 2.75) is 6.54 Å². The Morgan fingerprint density at radius 2 is 2.31 bits per heavy atom. The Morgan fingerprint density at radius 1 is 1.44 bits per heavy atom. The van der Waals surface area contributed by atoms with E-state index in [1.807, 2.05) is 24.3 Å². The van der Waals surface area contributed by atoms with Gasteiger partial charge in [0, 0.05) is 6.54 Å². The summed E-state index contributed by atoms with van der Waals surface area (Å²) in [5.74, 6) is 0.859. The molecule has 2 rings (SSSR count). The second kappa shape index (κ2) is 5.27. The van der Waals surface area contributed by atoms with E-state index < -0.39 is 0 Å². The summed E-state index contributed by atoms with van der Waals surface area (Å²) in [6.45, 7) is 0.707. The Morgan fingerprint density at radius 3 is 3.00 bits per heavy atom. The number of nitrogens with zero attached hydrogens (tertiary/aromatic N) is 2. The van der Waals surface area contributed by atoms with E-state index in [0.717, 1.165) is 20.4 Å². The Balaban J connectivity index is 1.99. The first kappa shape index (κ1) is 11.3. The molecular formula is C10H10BrN3OS. The molecule has 0 spiro atoms. The van der Waals surface area contributed by atoms with Crippen molar-refractivity contribution in [1.82, 2.24) is 10.2 Å². The number of methoxy groups -OCH3 is 1. The van der Waals surface area contributed by atoms with Gasteiger partial charge in [-0.2, -0.15) is 0 Å². The quantitative estimate of drug-likeness (QED) is 0.943. The molecule has 0 aliphatic carbocycles. The summed E-state index contributed by atoms with van der Waals surface area (Å²) in [4.78, 5) is 0. The SMILES string of the molecule is COc1cccc(CNc2nnc(Br)s2)c1. The van der Waals surface area contributed by atoms with Crippen LogP contribution in [0.4, 0.5) is 5.13 Å². The van der Waals surface area contributed by atoms with Gasteiger partial charge in [-0.1, -0.05) is 23.5 Å². The molecule has 0 radical (unpaired) electrons. The van der Waals surface area contributed by atoms with Crippen molar-refractivity contribution < 1.29 is 4.74 Å². The molecule has 0 saturated carbocycles. The molecule has 0 atom stereocenters. The maximum absolute atomic E-state index is 5.15. The predicted octanol–water partition coefficient (Wildman–Crippen LogP) is 2.92. The highest BCUT2D eigenvalue weighted by molar-refractivity contribution is 9.11. The van der Waals surface area contributed by atoms with Crippen LogP contribution in [0.15, 0.2) is 28.2 Å². The van der Waals surface area contributed by atoms with E-state index in [-0.39, 0.29) is 0 Å². The zero-order valence-corrected chi connectivity index (χ0v) is 11.0. The minimum absolute atomic E-state index is 0.707. The molecule has 0 unspecified atom stereocenters. The van der Waals surface area contributed by atoms with Crippen LogP contribution in [0.5, 0.6) is 5.75 Å². The van der Waals surface area contributed by atoms with E-state index in [1.54, 1.807) is 7.11 Å². The number of ether oxygens (including phenoxy) is 1. The third kappa shape index (κ3) is 2.93. The second-order valence-electron chi connectivity index (χ2n) is 3.07. The molecule has 0 amide bonds. The lowest BCUT2D eigenvalue weighted by molar-refractivity contribution is 0.414. The van der Waals surface area contributed by atoms with Crippen molar-refractivity contribution in [3.8, 4) is 5.75 Å². The topological polar surface area (TPSA) is 47.0 Å². The van der Waals surface area contributed by atoms with Crippen LogP contribution in [0.1, 0.15) is 5.56 Å². The molecule has 4 nitrogen and oxygen atoms in total. The average molecular weight is 300 g/mol. The van der Waals surface area contributed by atoms with Gasteiger partial charge in [-0.05, 0) is 33.6 Å². The van der Waals surface area contributed by atoms with E-state index in [9.17, 15) is 0 Å².